The molecule has 0 aliphatic carbocycles. The van der Waals surface area contributed by atoms with Gasteiger partial charge in [-0.2, -0.15) is 0 Å². The van der Waals surface area contributed by atoms with Crippen LogP contribution in [0.15, 0.2) is 24.3 Å². The fourth-order valence-electron chi connectivity index (χ4n) is 2.68. The fraction of sp³-hybridized carbons (Fsp3) is 0.500. The zero-order valence-electron chi connectivity index (χ0n) is 14.2. The molecule has 132 valence electrons. The summed E-state index contributed by atoms with van der Waals surface area (Å²) in [4.78, 5) is 26.4. The highest BCUT2D eigenvalue weighted by Gasteiger charge is 2.35. The largest absolute Gasteiger partial charge is 0.353 e. The molecule has 0 saturated heterocycles. The van der Waals surface area contributed by atoms with Crippen molar-refractivity contribution in [2.24, 2.45) is 0 Å². The van der Waals surface area contributed by atoms with E-state index in [1.807, 2.05) is 19.1 Å². The molecule has 0 radical (unpaired) electrons. The summed E-state index contributed by atoms with van der Waals surface area (Å²) in [5.41, 5.74) is 1.53. The molecule has 1 heterocycles. The average molecular weight is 353 g/mol. The monoisotopic (exact) mass is 353 g/mol. The van der Waals surface area contributed by atoms with Gasteiger partial charge in [0.25, 0.3) is 5.91 Å². The standard InChI is InChI=1S/C16H23N3O4S/c1-4-14(15(20)17-9-10-24(22,23)18(2)3)19-11-12-7-5-6-8-13(12)16(19)21/h5-8,14H,4,9-11H2,1-3H3,(H,17,20). The number of nitrogens with one attached hydrogen (secondary N) is 1. The van der Waals surface area contributed by atoms with Gasteiger partial charge in [-0.15, -0.1) is 0 Å². The lowest BCUT2D eigenvalue weighted by molar-refractivity contribution is -0.125. The molecule has 7 nitrogen and oxygen atoms in total. The van der Waals surface area contributed by atoms with Gasteiger partial charge in [-0.1, -0.05) is 25.1 Å². The number of hydrogen-bond donors (Lipinski definition) is 1. The lowest BCUT2D eigenvalue weighted by Gasteiger charge is -2.26. The summed E-state index contributed by atoms with van der Waals surface area (Å²) in [6.07, 6.45) is 0.464. The SMILES string of the molecule is CCC(C(=O)NCCS(=O)(=O)N(C)C)N1Cc2ccccc2C1=O. The van der Waals surface area contributed by atoms with Crippen LogP contribution in [0.3, 0.4) is 0 Å². The van der Waals surface area contributed by atoms with Crippen LogP contribution in [0.2, 0.25) is 0 Å². The number of carbonyl (C=O) groups excluding carboxylic acids is 2. The normalized spacial score (nSPS) is 15.5. The molecule has 8 heteroatoms. The third kappa shape index (κ3) is 3.76. The molecule has 2 amide bonds. The van der Waals surface area contributed by atoms with Gasteiger partial charge in [-0.05, 0) is 18.1 Å². The molecule has 0 bridgehead atoms. The number of amides is 2. The van der Waals surface area contributed by atoms with E-state index in [0.29, 0.717) is 18.5 Å². The van der Waals surface area contributed by atoms with Crippen molar-refractivity contribution in [3.05, 3.63) is 35.4 Å². The van der Waals surface area contributed by atoms with E-state index in [2.05, 4.69) is 5.32 Å². The van der Waals surface area contributed by atoms with Gasteiger partial charge in [0, 0.05) is 32.7 Å². The molecule has 0 aromatic heterocycles. The fourth-order valence-corrected chi connectivity index (χ4v) is 3.40. The number of fused-ring (bicyclic) bond motifs is 1. The van der Waals surface area contributed by atoms with E-state index in [0.717, 1.165) is 9.87 Å². The first-order valence-corrected chi connectivity index (χ1v) is 9.45. The minimum absolute atomic E-state index is 0.0187. The average Bonchev–Trinajstić information content (AvgIpc) is 2.85. The minimum atomic E-state index is -3.36. The molecule has 1 N–H and O–H groups in total. The van der Waals surface area contributed by atoms with Crippen molar-refractivity contribution in [1.29, 1.82) is 0 Å². The molecule has 1 unspecified atom stereocenters. The van der Waals surface area contributed by atoms with E-state index in [9.17, 15) is 18.0 Å². The number of nitrogens with zero attached hydrogens (tertiary/aromatic N) is 2. The third-order valence-corrected chi connectivity index (χ3v) is 5.96. The second-order valence-electron chi connectivity index (χ2n) is 5.90. The molecule has 1 aromatic carbocycles. The summed E-state index contributed by atoms with van der Waals surface area (Å²) < 4.78 is 24.6. The second kappa shape index (κ2) is 7.31. The van der Waals surface area contributed by atoms with Crippen molar-refractivity contribution < 1.29 is 18.0 Å². The molecule has 1 aliphatic heterocycles. The smallest absolute Gasteiger partial charge is 0.255 e. The Kier molecular flexibility index (Phi) is 5.61. The van der Waals surface area contributed by atoms with Crippen molar-refractivity contribution in [2.45, 2.75) is 25.9 Å². The van der Waals surface area contributed by atoms with Gasteiger partial charge in [-0.25, -0.2) is 12.7 Å². The van der Waals surface area contributed by atoms with E-state index >= 15 is 0 Å². The number of hydrogen-bond acceptors (Lipinski definition) is 4. The Hall–Kier alpha value is -1.93. The van der Waals surface area contributed by atoms with E-state index in [1.54, 1.807) is 17.0 Å². The zero-order chi connectivity index (χ0) is 17.9. The van der Waals surface area contributed by atoms with Gasteiger partial charge < -0.3 is 10.2 Å². The lowest BCUT2D eigenvalue weighted by atomic mass is 10.1. The quantitative estimate of drug-likeness (QED) is 0.770. The molecule has 1 aliphatic rings. The summed E-state index contributed by atoms with van der Waals surface area (Å²) in [7, 11) is -0.461. The summed E-state index contributed by atoms with van der Waals surface area (Å²) >= 11 is 0. The van der Waals surface area contributed by atoms with Crippen LogP contribution in [0.4, 0.5) is 0 Å². The van der Waals surface area contributed by atoms with Crippen LogP contribution >= 0.6 is 0 Å². The maximum atomic E-state index is 12.5. The number of carbonyl (C=O) groups is 2. The molecule has 0 spiro atoms. The van der Waals surface area contributed by atoms with E-state index in [1.165, 1.54) is 14.1 Å². The topological polar surface area (TPSA) is 86.8 Å². The molecule has 1 aromatic rings. The Balaban J connectivity index is 2.00. The van der Waals surface area contributed by atoms with Crippen LogP contribution in [0.5, 0.6) is 0 Å². The molecule has 24 heavy (non-hydrogen) atoms. The summed E-state index contributed by atoms with van der Waals surface area (Å²) in [5.74, 6) is -0.655. The number of benzene rings is 1. The van der Waals surface area contributed by atoms with E-state index in [4.69, 9.17) is 0 Å². The second-order valence-corrected chi connectivity index (χ2v) is 8.21. The van der Waals surface area contributed by atoms with Crippen LogP contribution < -0.4 is 5.32 Å². The van der Waals surface area contributed by atoms with Gasteiger partial charge in [0.2, 0.25) is 15.9 Å². The van der Waals surface area contributed by atoms with Crippen molar-refractivity contribution in [2.75, 3.05) is 26.4 Å². The Labute approximate surface area is 142 Å². The predicted molar refractivity (Wildman–Crippen MR) is 90.9 cm³/mol. The molecule has 2 rings (SSSR count). The maximum Gasteiger partial charge on any atom is 0.255 e. The highest BCUT2D eigenvalue weighted by molar-refractivity contribution is 7.89. The zero-order valence-corrected chi connectivity index (χ0v) is 15.0. The van der Waals surface area contributed by atoms with Crippen molar-refractivity contribution in [3.63, 3.8) is 0 Å². The van der Waals surface area contributed by atoms with Crippen LogP contribution in [0.25, 0.3) is 0 Å². The predicted octanol–water partition coefficient (Wildman–Crippen LogP) is 0.429. The van der Waals surface area contributed by atoms with Gasteiger partial charge in [0.15, 0.2) is 0 Å². The Bertz CT molecular complexity index is 731. The molecule has 1 atom stereocenters. The Morgan fingerprint density at radius 2 is 2.00 bits per heavy atom. The van der Waals surface area contributed by atoms with Crippen molar-refractivity contribution >= 4 is 21.8 Å². The summed E-state index contributed by atoms with van der Waals surface area (Å²) in [6, 6.07) is 6.69. The van der Waals surface area contributed by atoms with Gasteiger partial charge in [0.05, 0.1) is 5.75 Å². The summed E-state index contributed by atoms with van der Waals surface area (Å²) in [5, 5.41) is 2.63. The van der Waals surface area contributed by atoms with Gasteiger partial charge in [-0.3, -0.25) is 9.59 Å². The number of sulfonamides is 1. The highest BCUT2D eigenvalue weighted by Crippen LogP contribution is 2.25. The first-order chi connectivity index (χ1) is 11.3. The lowest BCUT2D eigenvalue weighted by Crippen LogP contribution is -2.48. The summed E-state index contributed by atoms with van der Waals surface area (Å²) in [6.45, 7) is 2.25. The molecule has 0 saturated carbocycles. The highest BCUT2D eigenvalue weighted by atomic mass is 32.2. The Morgan fingerprint density at radius 1 is 1.33 bits per heavy atom. The first kappa shape index (κ1) is 18.4. The van der Waals surface area contributed by atoms with Crippen LogP contribution in [0, 0.1) is 0 Å². The van der Waals surface area contributed by atoms with Crippen molar-refractivity contribution in [3.8, 4) is 0 Å². The van der Waals surface area contributed by atoms with Crippen LogP contribution in [-0.2, 0) is 21.4 Å². The Morgan fingerprint density at radius 3 is 2.58 bits per heavy atom. The van der Waals surface area contributed by atoms with Crippen LogP contribution in [0.1, 0.15) is 29.3 Å². The van der Waals surface area contributed by atoms with Crippen molar-refractivity contribution in [1.82, 2.24) is 14.5 Å². The van der Waals surface area contributed by atoms with Gasteiger partial charge in [0.1, 0.15) is 6.04 Å². The molecular formula is C16H23N3O4S. The molecule has 0 fully saturated rings. The maximum absolute atomic E-state index is 12.5. The molecular weight excluding hydrogens is 330 g/mol. The van der Waals surface area contributed by atoms with Gasteiger partial charge >= 0.3 is 0 Å². The first-order valence-electron chi connectivity index (χ1n) is 7.84. The van der Waals surface area contributed by atoms with E-state index in [-0.39, 0.29) is 24.1 Å². The third-order valence-electron chi connectivity index (χ3n) is 4.13. The van der Waals surface area contributed by atoms with E-state index < -0.39 is 16.1 Å². The van der Waals surface area contributed by atoms with Crippen LogP contribution in [-0.4, -0.2) is 61.9 Å². The number of rotatable bonds is 7. The minimum Gasteiger partial charge on any atom is -0.353 e.